The number of hydrogen-bond acceptors (Lipinski definition) is 2. The lowest BCUT2D eigenvalue weighted by Crippen LogP contribution is -2.39. The highest BCUT2D eigenvalue weighted by atomic mass is 19.2. The number of benzene rings is 2. The highest BCUT2D eigenvalue weighted by Gasteiger charge is 2.27. The van der Waals surface area contributed by atoms with E-state index >= 15 is 0 Å². The molecule has 1 heterocycles. The monoisotopic (exact) mass is 372 g/mol. The first-order chi connectivity index (χ1) is 13.0. The van der Waals surface area contributed by atoms with Crippen molar-refractivity contribution >= 4 is 11.8 Å². The van der Waals surface area contributed by atoms with E-state index in [4.69, 9.17) is 0 Å². The third-order valence-electron chi connectivity index (χ3n) is 4.76. The summed E-state index contributed by atoms with van der Waals surface area (Å²) in [5.41, 5.74) is 1.15. The molecule has 0 spiro atoms. The number of carbonyl (C=O) groups excluding carboxylic acids is 2. The summed E-state index contributed by atoms with van der Waals surface area (Å²) in [5, 5.41) is 2.81. The van der Waals surface area contributed by atoms with Crippen molar-refractivity contribution in [2.75, 3.05) is 13.1 Å². The minimum absolute atomic E-state index is 0.0290. The second kappa shape index (κ2) is 8.75. The minimum atomic E-state index is -0.989. The number of rotatable bonds is 6. The van der Waals surface area contributed by atoms with Crippen LogP contribution in [0.2, 0.25) is 0 Å². The molecule has 2 aromatic carbocycles. The van der Waals surface area contributed by atoms with Crippen LogP contribution < -0.4 is 5.32 Å². The second-order valence-electron chi connectivity index (χ2n) is 6.77. The zero-order valence-corrected chi connectivity index (χ0v) is 15.0. The number of likely N-dealkylation sites (tertiary alicyclic amines) is 1. The number of nitrogens with zero attached hydrogens (tertiary/aromatic N) is 1. The van der Waals surface area contributed by atoms with Gasteiger partial charge in [0.05, 0.1) is 6.42 Å². The number of nitrogens with one attached hydrogen (secondary N) is 1. The maximum absolute atomic E-state index is 13.7. The van der Waals surface area contributed by atoms with Crippen LogP contribution in [0, 0.1) is 11.6 Å². The molecule has 1 aliphatic heterocycles. The average Bonchev–Trinajstić information content (AvgIpc) is 3.13. The molecule has 1 unspecified atom stereocenters. The highest BCUT2D eigenvalue weighted by Crippen LogP contribution is 2.14. The summed E-state index contributed by atoms with van der Waals surface area (Å²) in [6.07, 6.45) is 1.56. The zero-order chi connectivity index (χ0) is 19.2. The van der Waals surface area contributed by atoms with E-state index in [0.717, 1.165) is 11.6 Å². The van der Waals surface area contributed by atoms with Crippen molar-refractivity contribution in [1.82, 2.24) is 10.2 Å². The quantitative estimate of drug-likeness (QED) is 0.848. The summed E-state index contributed by atoms with van der Waals surface area (Å²) in [7, 11) is 0. The van der Waals surface area contributed by atoms with Crippen molar-refractivity contribution in [1.29, 1.82) is 0 Å². The van der Waals surface area contributed by atoms with E-state index in [0.29, 0.717) is 32.4 Å². The van der Waals surface area contributed by atoms with Gasteiger partial charge in [-0.1, -0.05) is 42.5 Å². The van der Waals surface area contributed by atoms with Gasteiger partial charge in [-0.2, -0.15) is 0 Å². The fourth-order valence-corrected chi connectivity index (χ4v) is 3.30. The van der Waals surface area contributed by atoms with Gasteiger partial charge in [-0.25, -0.2) is 8.78 Å². The standard InChI is InChI=1S/C21H22F2N2O2/c22-18-8-4-7-16(21(18)23)13-19(26)24-17-11-12-25(14-17)20(27)10-9-15-5-2-1-3-6-15/h1-8,17H,9-14H2,(H,24,26). The predicted octanol–water partition coefficient (Wildman–Crippen LogP) is 2.86. The molecule has 27 heavy (non-hydrogen) atoms. The third-order valence-corrected chi connectivity index (χ3v) is 4.76. The largest absolute Gasteiger partial charge is 0.351 e. The molecule has 0 saturated carbocycles. The van der Waals surface area contributed by atoms with Crippen LogP contribution in [0.15, 0.2) is 48.5 Å². The SMILES string of the molecule is O=C(Cc1cccc(F)c1F)NC1CCN(C(=O)CCc2ccccc2)C1. The van der Waals surface area contributed by atoms with Gasteiger partial charge >= 0.3 is 0 Å². The zero-order valence-electron chi connectivity index (χ0n) is 15.0. The first kappa shape index (κ1) is 19.0. The van der Waals surface area contributed by atoms with Crippen molar-refractivity contribution in [2.24, 2.45) is 0 Å². The Labute approximate surface area is 157 Å². The van der Waals surface area contributed by atoms with E-state index in [2.05, 4.69) is 5.32 Å². The third kappa shape index (κ3) is 5.12. The Morgan fingerprint density at radius 3 is 2.63 bits per heavy atom. The van der Waals surface area contributed by atoms with Crippen LogP contribution in [0.1, 0.15) is 24.0 Å². The normalized spacial score (nSPS) is 16.4. The summed E-state index contributed by atoms with van der Waals surface area (Å²) < 4.78 is 26.9. The topological polar surface area (TPSA) is 49.4 Å². The average molecular weight is 372 g/mol. The smallest absolute Gasteiger partial charge is 0.224 e. The number of halogens is 2. The molecule has 0 aromatic heterocycles. The minimum Gasteiger partial charge on any atom is -0.351 e. The highest BCUT2D eigenvalue weighted by molar-refractivity contribution is 5.80. The molecular formula is C21H22F2N2O2. The summed E-state index contributed by atoms with van der Waals surface area (Å²) in [5.74, 6) is -2.26. The van der Waals surface area contributed by atoms with Gasteiger partial charge in [0, 0.05) is 31.1 Å². The Bertz CT molecular complexity index is 811. The Hall–Kier alpha value is -2.76. The van der Waals surface area contributed by atoms with Gasteiger partial charge in [-0.15, -0.1) is 0 Å². The van der Waals surface area contributed by atoms with Gasteiger partial charge < -0.3 is 10.2 Å². The molecule has 1 N–H and O–H groups in total. The fraction of sp³-hybridized carbons (Fsp3) is 0.333. The molecule has 6 heteroatoms. The molecule has 0 radical (unpaired) electrons. The number of aryl methyl sites for hydroxylation is 1. The molecule has 0 aliphatic carbocycles. The molecule has 1 fully saturated rings. The molecule has 3 rings (SSSR count). The predicted molar refractivity (Wildman–Crippen MR) is 98.0 cm³/mol. The van der Waals surface area contributed by atoms with Gasteiger partial charge in [0.1, 0.15) is 0 Å². The molecule has 142 valence electrons. The van der Waals surface area contributed by atoms with Crippen LogP contribution in [0.25, 0.3) is 0 Å². The summed E-state index contributed by atoms with van der Waals surface area (Å²) >= 11 is 0. The van der Waals surface area contributed by atoms with E-state index in [1.807, 2.05) is 30.3 Å². The van der Waals surface area contributed by atoms with Gasteiger partial charge in [0.15, 0.2) is 11.6 Å². The molecular weight excluding hydrogens is 350 g/mol. The second-order valence-corrected chi connectivity index (χ2v) is 6.77. The first-order valence-electron chi connectivity index (χ1n) is 9.07. The molecule has 2 aromatic rings. The van der Waals surface area contributed by atoms with Crippen LogP contribution in [0.4, 0.5) is 8.78 Å². The van der Waals surface area contributed by atoms with E-state index in [9.17, 15) is 18.4 Å². The molecule has 4 nitrogen and oxygen atoms in total. The van der Waals surface area contributed by atoms with Crippen molar-refractivity contribution in [3.63, 3.8) is 0 Å². The first-order valence-corrected chi connectivity index (χ1v) is 9.07. The van der Waals surface area contributed by atoms with Crippen LogP contribution in [0.5, 0.6) is 0 Å². The molecule has 1 saturated heterocycles. The molecule has 1 atom stereocenters. The van der Waals surface area contributed by atoms with E-state index in [1.54, 1.807) is 4.90 Å². The van der Waals surface area contributed by atoms with Crippen molar-refractivity contribution < 1.29 is 18.4 Å². The summed E-state index contributed by atoms with van der Waals surface area (Å²) in [4.78, 5) is 26.2. The Morgan fingerprint density at radius 2 is 1.85 bits per heavy atom. The lowest BCUT2D eigenvalue weighted by atomic mass is 10.1. The van der Waals surface area contributed by atoms with Crippen molar-refractivity contribution in [3.05, 3.63) is 71.3 Å². The van der Waals surface area contributed by atoms with Crippen molar-refractivity contribution in [2.45, 2.75) is 31.7 Å². The maximum Gasteiger partial charge on any atom is 0.224 e. The van der Waals surface area contributed by atoms with Gasteiger partial charge in [-0.3, -0.25) is 9.59 Å². The number of carbonyl (C=O) groups is 2. The Balaban J connectivity index is 1.45. The van der Waals surface area contributed by atoms with Gasteiger partial charge in [0.2, 0.25) is 11.8 Å². The van der Waals surface area contributed by atoms with E-state index in [-0.39, 0.29) is 29.8 Å². The number of hydrogen-bond donors (Lipinski definition) is 1. The van der Waals surface area contributed by atoms with Crippen LogP contribution in [0.3, 0.4) is 0 Å². The van der Waals surface area contributed by atoms with Crippen LogP contribution in [-0.4, -0.2) is 35.8 Å². The fourth-order valence-electron chi connectivity index (χ4n) is 3.30. The molecule has 1 aliphatic rings. The van der Waals surface area contributed by atoms with E-state index in [1.165, 1.54) is 12.1 Å². The van der Waals surface area contributed by atoms with E-state index < -0.39 is 11.6 Å². The Morgan fingerprint density at radius 1 is 1.07 bits per heavy atom. The van der Waals surface area contributed by atoms with Crippen LogP contribution >= 0.6 is 0 Å². The van der Waals surface area contributed by atoms with Gasteiger partial charge in [0.25, 0.3) is 0 Å². The molecule has 2 amide bonds. The maximum atomic E-state index is 13.7. The summed E-state index contributed by atoms with van der Waals surface area (Å²) in [6.45, 7) is 1.04. The lowest BCUT2D eigenvalue weighted by Gasteiger charge is -2.17. The Kier molecular flexibility index (Phi) is 6.16. The number of amides is 2. The van der Waals surface area contributed by atoms with Crippen LogP contribution in [-0.2, 0) is 22.4 Å². The lowest BCUT2D eigenvalue weighted by molar-refractivity contribution is -0.130. The molecule has 0 bridgehead atoms. The van der Waals surface area contributed by atoms with Gasteiger partial charge in [-0.05, 0) is 24.5 Å². The van der Waals surface area contributed by atoms with Crippen molar-refractivity contribution in [3.8, 4) is 0 Å². The summed E-state index contributed by atoms with van der Waals surface area (Å²) in [6, 6.07) is 13.5.